The van der Waals surface area contributed by atoms with Crippen LogP contribution >= 0.6 is 0 Å². The third-order valence-electron chi connectivity index (χ3n) is 2.09. The summed E-state index contributed by atoms with van der Waals surface area (Å²) in [6.07, 6.45) is 3.43. The van der Waals surface area contributed by atoms with E-state index in [4.69, 9.17) is 0 Å². The lowest BCUT2D eigenvalue weighted by Gasteiger charge is -1.98. The molecule has 2 aromatic heterocycles. The summed E-state index contributed by atoms with van der Waals surface area (Å²) < 4.78 is 6.08. The molecule has 0 spiro atoms. The van der Waals surface area contributed by atoms with Crippen LogP contribution in [0.1, 0.15) is 0 Å². The minimum absolute atomic E-state index is 0.114. The van der Waals surface area contributed by atoms with Gasteiger partial charge in [0.1, 0.15) is 12.2 Å². The number of rotatable bonds is 3. The van der Waals surface area contributed by atoms with E-state index in [1.807, 2.05) is 24.3 Å². The molecule has 0 aliphatic heterocycles. The molecule has 16 heavy (non-hydrogen) atoms. The van der Waals surface area contributed by atoms with Crippen molar-refractivity contribution in [2.45, 2.75) is 6.54 Å². The summed E-state index contributed by atoms with van der Waals surface area (Å²) in [5, 5.41) is 4.22. The van der Waals surface area contributed by atoms with Gasteiger partial charge in [0.05, 0.1) is 12.8 Å². The van der Waals surface area contributed by atoms with Crippen LogP contribution in [0.3, 0.4) is 0 Å². The number of hydrogen-bond donors (Lipinski definition) is 0. The zero-order valence-electron chi connectivity index (χ0n) is 8.83. The van der Waals surface area contributed by atoms with Crippen LogP contribution in [0.5, 0.6) is 0 Å². The van der Waals surface area contributed by atoms with Crippen molar-refractivity contribution in [3.05, 3.63) is 36.7 Å². The molecule has 0 fully saturated rings. The fourth-order valence-corrected chi connectivity index (χ4v) is 1.30. The quantitative estimate of drug-likeness (QED) is 0.723. The molecule has 2 heterocycles. The molecule has 0 amide bonds. The summed E-state index contributed by atoms with van der Waals surface area (Å²) in [5.74, 6) is -0.323. The normalized spacial score (nSPS) is 10.1. The van der Waals surface area contributed by atoms with E-state index < -0.39 is 0 Å². The molecule has 0 aliphatic rings. The highest BCUT2D eigenvalue weighted by Gasteiger charge is 2.06. The average Bonchev–Trinajstić information content (AvgIpc) is 2.78. The van der Waals surface area contributed by atoms with Gasteiger partial charge in [0.15, 0.2) is 0 Å². The van der Waals surface area contributed by atoms with Gasteiger partial charge in [0.25, 0.3) is 0 Å². The number of pyridine rings is 1. The Labute approximate surface area is 92.7 Å². The van der Waals surface area contributed by atoms with Gasteiger partial charge >= 0.3 is 5.97 Å². The summed E-state index contributed by atoms with van der Waals surface area (Å²) >= 11 is 0. The number of carbonyl (C=O) groups excluding carboxylic acids is 1. The van der Waals surface area contributed by atoms with Crippen molar-refractivity contribution in [1.29, 1.82) is 0 Å². The Morgan fingerprint density at radius 1 is 1.38 bits per heavy atom. The standard InChI is InChI=1S/C11H11N3O2/c1-16-11(15)8-14-7-5-10(13-14)9-4-2-3-6-12-9/h2-7H,8H2,1H3. The maximum atomic E-state index is 11.0. The Kier molecular flexibility index (Phi) is 2.95. The molecular formula is C11H11N3O2. The molecule has 0 unspecified atom stereocenters. The summed E-state index contributed by atoms with van der Waals surface area (Å²) in [5.41, 5.74) is 1.52. The Hall–Kier alpha value is -2.17. The summed E-state index contributed by atoms with van der Waals surface area (Å²) in [7, 11) is 1.35. The molecule has 0 radical (unpaired) electrons. The predicted octanol–water partition coefficient (Wildman–Crippen LogP) is 1.12. The van der Waals surface area contributed by atoms with Crippen molar-refractivity contribution in [2.24, 2.45) is 0 Å². The first-order valence-corrected chi connectivity index (χ1v) is 4.81. The van der Waals surface area contributed by atoms with Gasteiger partial charge in [-0.05, 0) is 18.2 Å². The maximum Gasteiger partial charge on any atom is 0.327 e. The summed E-state index contributed by atoms with van der Waals surface area (Å²) in [4.78, 5) is 15.2. The molecule has 5 nitrogen and oxygen atoms in total. The Bertz CT molecular complexity index is 479. The van der Waals surface area contributed by atoms with Gasteiger partial charge in [-0.25, -0.2) is 0 Å². The summed E-state index contributed by atoms with van der Waals surface area (Å²) in [6.45, 7) is 0.114. The molecule has 2 aromatic rings. The minimum Gasteiger partial charge on any atom is -0.468 e. The van der Waals surface area contributed by atoms with E-state index in [2.05, 4.69) is 14.8 Å². The van der Waals surface area contributed by atoms with Gasteiger partial charge < -0.3 is 4.74 Å². The highest BCUT2D eigenvalue weighted by Crippen LogP contribution is 2.12. The minimum atomic E-state index is -0.323. The van der Waals surface area contributed by atoms with E-state index >= 15 is 0 Å². The van der Waals surface area contributed by atoms with Crippen molar-refractivity contribution in [1.82, 2.24) is 14.8 Å². The molecule has 0 bridgehead atoms. The van der Waals surface area contributed by atoms with E-state index in [0.29, 0.717) is 0 Å². The molecule has 0 N–H and O–H groups in total. The Morgan fingerprint density at radius 2 is 2.25 bits per heavy atom. The number of nitrogens with zero attached hydrogens (tertiary/aromatic N) is 3. The van der Waals surface area contributed by atoms with Crippen LogP contribution < -0.4 is 0 Å². The van der Waals surface area contributed by atoms with Crippen LogP contribution in [0.25, 0.3) is 11.4 Å². The number of carbonyl (C=O) groups is 1. The zero-order chi connectivity index (χ0) is 11.4. The molecule has 2 rings (SSSR count). The van der Waals surface area contributed by atoms with Crippen LogP contribution in [0, 0.1) is 0 Å². The first-order chi connectivity index (χ1) is 7.79. The van der Waals surface area contributed by atoms with Gasteiger partial charge in [-0.1, -0.05) is 6.07 Å². The lowest BCUT2D eigenvalue weighted by molar-refractivity contribution is -0.141. The second kappa shape index (κ2) is 4.57. The second-order valence-electron chi connectivity index (χ2n) is 3.19. The van der Waals surface area contributed by atoms with Gasteiger partial charge in [0, 0.05) is 12.4 Å². The number of hydrogen-bond acceptors (Lipinski definition) is 4. The summed E-state index contributed by atoms with van der Waals surface area (Å²) in [6, 6.07) is 7.41. The second-order valence-corrected chi connectivity index (χ2v) is 3.19. The topological polar surface area (TPSA) is 57.0 Å². The number of ether oxygens (including phenoxy) is 1. The lowest BCUT2D eigenvalue weighted by atomic mass is 10.3. The van der Waals surface area contributed by atoms with Gasteiger partial charge in [-0.15, -0.1) is 0 Å². The first kappa shape index (κ1) is 10.4. The molecule has 0 saturated carbocycles. The average molecular weight is 217 g/mol. The molecule has 0 atom stereocenters. The molecule has 0 aliphatic carbocycles. The largest absolute Gasteiger partial charge is 0.468 e. The predicted molar refractivity (Wildman–Crippen MR) is 57.5 cm³/mol. The first-order valence-electron chi connectivity index (χ1n) is 4.81. The maximum absolute atomic E-state index is 11.0. The van der Waals surface area contributed by atoms with Gasteiger partial charge in [-0.2, -0.15) is 5.10 Å². The third kappa shape index (κ3) is 2.25. The van der Waals surface area contributed by atoms with Crippen LogP contribution in [0.15, 0.2) is 36.7 Å². The van der Waals surface area contributed by atoms with E-state index in [-0.39, 0.29) is 12.5 Å². The number of methoxy groups -OCH3 is 1. The smallest absolute Gasteiger partial charge is 0.327 e. The highest BCUT2D eigenvalue weighted by atomic mass is 16.5. The van der Waals surface area contributed by atoms with E-state index in [9.17, 15) is 4.79 Å². The number of aromatic nitrogens is 3. The molecular weight excluding hydrogens is 206 g/mol. The molecule has 82 valence electrons. The van der Waals surface area contributed by atoms with E-state index in [1.54, 1.807) is 12.4 Å². The zero-order valence-corrected chi connectivity index (χ0v) is 8.83. The van der Waals surface area contributed by atoms with Crippen molar-refractivity contribution in [3.8, 4) is 11.4 Å². The SMILES string of the molecule is COC(=O)Cn1ccc(-c2ccccn2)n1. The van der Waals surface area contributed by atoms with Crippen LogP contribution in [-0.2, 0) is 16.1 Å². The third-order valence-corrected chi connectivity index (χ3v) is 2.09. The Balaban J connectivity index is 2.17. The molecule has 5 heteroatoms. The van der Waals surface area contributed by atoms with E-state index in [0.717, 1.165) is 11.4 Å². The fraction of sp³-hybridized carbons (Fsp3) is 0.182. The van der Waals surface area contributed by atoms with E-state index in [1.165, 1.54) is 11.8 Å². The monoisotopic (exact) mass is 217 g/mol. The van der Waals surface area contributed by atoms with Gasteiger partial charge in [-0.3, -0.25) is 14.5 Å². The van der Waals surface area contributed by atoms with Crippen molar-refractivity contribution >= 4 is 5.97 Å². The van der Waals surface area contributed by atoms with Crippen LogP contribution in [0.2, 0.25) is 0 Å². The van der Waals surface area contributed by atoms with Crippen molar-refractivity contribution in [3.63, 3.8) is 0 Å². The molecule has 0 aromatic carbocycles. The Morgan fingerprint density at radius 3 is 2.94 bits per heavy atom. The molecule has 0 saturated heterocycles. The highest BCUT2D eigenvalue weighted by molar-refractivity contribution is 5.69. The van der Waals surface area contributed by atoms with Crippen molar-refractivity contribution < 1.29 is 9.53 Å². The number of esters is 1. The fourth-order valence-electron chi connectivity index (χ4n) is 1.30. The lowest BCUT2D eigenvalue weighted by Crippen LogP contribution is -2.11. The van der Waals surface area contributed by atoms with Gasteiger partial charge in [0.2, 0.25) is 0 Å². The van der Waals surface area contributed by atoms with Crippen LogP contribution in [-0.4, -0.2) is 27.8 Å². The van der Waals surface area contributed by atoms with Crippen LogP contribution in [0.4, 0.5) is 0 Å². The van der Waals surface area contributed by atoms with Crippen molar-refractivity contribution in [2.75, 3.05) is 7.11 Å².